The molecule has 0 saturated carbocycles. The van der Waals surface area contributed by atoms with E-state index < -0.39 is 5.97 Å². The third-order valence-electron chi connectivity index (χ3n) is 3.26. The molecule has 0 spiro atoms. The lowest BCUT2D eigenvalue weighted by Gasteiger charge is -2.04. The van der Waals surface area contributed by atoms with E-state index in [-0.39, 0.29) is 17.6 Å². The number of hydrogen-bond acceptors (Lipinski definition) is 5. The number of nitrogens with one attached hydrogen (secondary N) is 1. The predicted octanol–water partition coefficient (Wildman–Crippen LogP) is 1.34. The Kier molecular flexibility index (Phi) is 3.69. The van der Waals surface area contributed by atoms with Crippen LogP contribution in [0, 0.1) is 0 Å². The molecule has 0 aliphatic carbocycles. The minimum absolute atomic E-state index is 0.0159. The number of aromatic nitrogens is 4. The van der Waals surface area contributed by atoms with Crippen LogP contribution in [0.1, 0.15) is 22.8 Å². The van der Waals surface area contributed by atoms with Gasteiger partial charge >= 0.3 is 5.97 Å². The molecule has 7 heteroatoms. The van der Waals surface area contributed by atoms with Gasteiger partial charge in [0.15, 0.2) is 0 Å². The summed E-state index contributed by atoms with van der Waals surface area (Å²) >= 11 is 0. The fourth-order valence-electron chi connectivity index (χ4n) is 2.20. The monoisotopic (exact) mass is 298 g/mol. The number of carbonyl (C=O) groups excluding carboxylic acids is 1. The molecule has 7 nitrogen and oxygen atoms in total. The van der Waals surface area contributed by atoms with Gasteiger partial charge in [-0.15, -0.1) is 0 Å². The smallest absolute Gasteiger partial charge is 0.343 e. The highest BCUT2D eigenvalue weighted by Crippen LogP contribution is 2.10. The van der Waals surface area contributed by atoms with E-state index in [9.17, 15) is 9.59 Å². The molecular weight excluding hydrogens is 284 g/mol. The maximum atomic E-state index is 12.3. The van der Waals surface area contributed by atoms with Gasteiger partial charge in [-0.25, -0.2) is 9.48 Å². The van der Waals surface area contributed by atoms with Gasteiger partial charge in [0.05, 0.1) is 24.7 Å². The van der Waals surface area contributed by atoms with E-state index in [2.05, 4.69) is 15.1 Å². The minimum Gasteiger partial charge on any atom is -0.462 e. The molecule has 0 aliphatic heterocycles. The second kappa shape index (κ2) is 5.80. The van der Waals surface area contributed by atoms with Gasteiger partial charge < -0.3 is 9.72 Å². The Balaban J connectivity index is 2.01. The standard InChI is InChI=1S/C15H14N4O3/c1-2-22-15(21)12-7-17-14-11(13(12)20)8-18-19(14)9-10-3-5-16-6-4-10/h3-8H,2,9H2,1H3,(H,17,20). The van der Waals surface area contributed by atoms with Crippen molar-refractivity contribution in [3.8, 4) is 0 Å². The van der Waals surface area contributed by atoms with Gasteiger partial charge in [0.1, 0.15) is 11.2 Å². The SMILES string of the molecule is CCOC(=O)c1c[nH]c2c(cnn2Cc2ccncc2)c1=O. The van der Waals surface area contributed by atoms with E-state index in [1.165, 1.54) is 12.4 Å². The van der Waals surface area contributed by atoms with Crippen molar-refractivity contribution in [2.45, 2.75) is 13.5 Å². The molecule has 3 rings (SSSR count). The number of hydrogen-bond donors (Lipinski definition) is 1. The molecule has 0 bridgehead atoms. The van der Waals surface area contributed by atoms with E-state index in [1.54, 1.807) is 24.0 Å². The molecule has 0 aromatic carbocycles. The molecule has 0 radical (unpaired) electrons. The predicted molar refractivity (Wildman–Crippen MR) is 79.6 cm³/mol. The van der Waals surface area contributed by atoms with Crippen LogP contribution in [0.5, 0.6) is 0 Å². The van der Waals surface area contributed by atoms with Crippen molar-refractivity contribution in [1.82, 2.24) is 19.7 Å². The molecule has 0 saturated heterocycles. The van der Waals surface area contributed by atoms with Crippen LogP contribution in [0.25, 0.3) is 11.0 Å². The first-order valence-corrected chi connectivity index (χ1v) is 6.84. The number of esters is 1. The van der Waals surface area contributed by atoms with Crippen LogP contribution < -0.4 is 5.43 Å². The van der Waals surface area contributed by atoms with Crippen LogP contribution >= 0.6 is 0 Å². The summed E-state index contributed by atoms with van der Waals surface area (Å²) in [5.41, 5.74) is 1.18. The number of pyridine rings is 2. The van der Waals surface area contributed by atoms with Crippen LogP contribution in [0.2, 0.25) is 0 Å². The van der Waals surface area contributed by atoms with E-state index >= 15 is 0 Å². The van der Waals surface area contributed by atoms with Crippen LogP contribution in [0.4, 0.5) is 0 Å². The fraction of sp³-hybridized carbons (Fsp3) is 0.200. The number of nitrogens with zero attached hydrogens (tertiary/aromatic N) is 3. The molecule has 0 aliphatic rings. The molecule has 0 amide bonds. The maximum Gasteiger partial charge on any atom is 0.343 e. The van der Waals surface area contributed by atoms with E-state index in [1.807, 2.05) is 12.1 Å². The largest absolute Gasteiger partial charge is 0.462 e. The molecule has 112 valence electrons. The topological polar surface area (TPSA) is 89.9 Å². The molecule has 0 unspecified atom stereocenters. The first-order chi connectivity index (χ1) is 10.7. The summed E-state index contributed by atoms with van der Waals surface area (Å²) in [5.74, 6) is -0.632. The zero-order chi connectivity index (χ0) is 15.5. The number of aromatic amines is 1. The third-order valence-corrected chi connectivity index (χ3v) is 3.26. The Morgan fingerprint density at radius 1 is 1.36 bits per heavy atom. The lowest BCUT2D eigenvalue weighted by molar-refractivity contribution is 0.0524. The van der Waals surface area contributed by atoms with E-state index in [0.717, 1.165) is 5.56 Å². The molecule has 0 fully saturated rings. The first kappa shape index (κ1) is 14.0. The molecule has 0 atom stereocenters. The van der Waals surface area contributed by atoms with E-state index in [0.29, 0.717) is 17.6 Å². The quantitative estimate of drug-likeness (QED) is 0.734. The zero-order valence-electron chi connectivity index (χ0n) is 11.9. The summed E-state index contributed by atoms with van der Waals surface area (Å²) in [6.07, 6.45) is 6.22. The normalized spacial score (nSPS) is 10.8. The average molecular weight is 298 g/mol. The third kappa shape index (κ3) is 2.48. The Morgan fingerprint density at radius 2 is 2.14 bits per heavy atom. The molecule has 3 aromatic rings. The summed E-state index contributed by atoms with van der Waals surface area (Å²) in [5, 5.41) is 4.57. The highest BCUT2D eigenvalue weighted by Gasteiger charge is 2.16. The van der Waals surface area contributed by atoms with Crippen LogP contribution in [0.15, 0.2) is 41.7 Å². The van der Waals surface area contributed by atoms with Crippen LogP contribution in [-0.4, -0.2) is 32.3 Å². The Morgan fingerprint density at radius 3 is 2.86 bits per heavy atom. The lowest BCUT2D eigenvalue weighted by atomic mass is 10.2. The highest BCUT2D eigenvalue weighted by molar-refractivity contribution is 5.92. The maximum absolute atomic E-state index is 12.3. The number of H-pyrrole nitrogens is 1. The number of carbonyl (C=O) groups is 1. The summed E-state index contributed by atoms with van der Waals surface area (Å²) in [7, 11) is 0. The van der Waals surface area contributed by atoms with Gasteiger partial charge in [-0.3, -0.25) is 9.78 Å². The average Bonchev–Trinajstić information content (AvgIpc) is 2.93. The van der Waals surface area contributed by atoms with Crippen molar-refractivity contribution in [2.24, 2.45) is 0 Å². The van der Waals surface area contributed by atoms with Gasteiger partial charge in [-0.05, 0) is 24.6 Å². The van der Waals surface area contributed by atoms with Crippen molar-refractivity contribution in [3.63, 3.8) is 0 Å². The molecular formula is C15H14N4O3. The lowest BCUT2D eigenvalue weighted by Crippen LogP contribution is -2.18. The van der Waals surface area contributed by atoms with Crippen LogP contribution in [-0.2, 0) is 11.3 Å². The summed E-state index contributed by atoms with van der Waals surface area (Å²) in [6.45, 7) is 2.41. The molecule has 22 heavy (non-hydrogen) atoms. The molecule has 3 heterocycles. The van der Waals surface area contributed by atoms with Gasteiger partial charge in [-0.2, -0.15) is 5.10 Å². The zero-order valence-corrected chi connectivity index (χ0v) is 11.9. The summed E-state index contributed by atoms with van der Waals surface area (Å²) in [4.78, 5) is 31.0. The van der Waals surface area contributed by atoms with Crippen molar-refractivity contribution in [3.05, 3.63) is 58.3 Å². The minimum atomic E-state index is -0.632. The van der Waals surface area contributed by atoms with Crippen molar-refractivity contribution in [2.75, 3.05) is 6.61 Å². The second-order valence-corrected chi connectivity index (χ2v) is 4.67. The summed E-state index contributed by atoms with van der Waals surface area (Å²) < 4.78 is 6.53. The summed E-state index contributed by atoms with van der Waals surface area (Å²) in [6, 6.07) is 3.75. The second-order valence-electron chi connectivity index (χ2n) is 4.67. The number of ether oxygens (including phenoxy) is 1. The van der Waals surface area contributed by atoms with Gasteiger partial charge in [0.2, 0.25) is 5.43 Å². The van der Waals surface area contributed by atoms with Gasteiger partial charge in [0.25, 0.3) is 0 Å². The van der Waals surface area contributed by atoms with Crippen molar-refractivity contribution >= 4 is 17.0 Å². The molecule has 1 N–H and O–H groups in total. The fourth-order valence-corrected chi connectivity index (χ4v) is 2.20. The van der Waals surface area contributed by atoms with Crippen molar-refractivity contribution < 1.29 is 9.53 Å². The Bertz CT molecular complexity index is 867. The molecule has 3 aromatic heterocycles. The van der Waals surface area contributed by atoms with Crippen LogP contribution in [0.3, 0.4) is 0 Å². The number of fused-ring (bicyclic) bond motifs is 1. The van der Waals surface area contributed by atoms with Crippen molar-refractivity contribution in [1.29, 1.82) is 0 Å². The Labute approximate surface area is 125 Å². The van der Waals surface area contributed by atoms with Gasteiger partial charge in [0, 0.05) is 18.6 Å². The Hall–Kier alpha value is -2.96. The van der Waals surface area contributed by atoms with Gasteiger partial charge in [-0.1, -0.05) is 0 Å². The number of rotatable bonds is 4. The van der Waals surface area contributed by atoms with E-state index in [4.69, 9.17) is 4.74 Å². The first-order valence-electron chi connectivity index (χ1n) is 6.84. The highest BCUT2D eigenvalue weighted by atomic mass is 16.5.